The van der Waals surface area contributed by atoms with Gasteiger partial charge < -0.3 is 5.32 Å². The number of rotatable bonds is 2. The fourth-order valence-corrected chi connectivity index (χ4v) is 2.07. The third-order valence-electron chi connectivity index (χ3n) is 2.31. The van der Waals surface area contributed by atoms with Gasteiger partial charge >= 0.3 is 0 Å². The van der Waals surface area contributed by atoms with Crippen LogP contribution in [-0.2, 0) is 0 Å². The number of aromatic nitrogens is 2. The van der Waals surface area contributed by atoms with Crippen molar-refractivity contribution in [2.45, 2.75) is 6.92 Å². The minimum Gasteiger partial charge on any atom is -0.307 e. The summed E-state index contributed by atoms with van der Waals surface area (Å²) in [4.78, 5) is 19.9. The molecule has 2 aromatic heterocycles. The highest BCUT2D eigenvalue weighted by Crippen LogP contribution is 2.19. The second-order valence-electron chi connectivity index (χ2n) is 3.77. The van der Waals surface area contributed by atoms with Crippen molar-refractivity contribution in [3.63, 3.8) is 0 Å². The average Bonchev–Trinajstić information content (AvgIpc) is 2.32. The second kappa shape index (κ2) is 5.86. The van der Waals surface area contributed by atoms with Crippen LogP contribution in [0.1, 0.15) is 15.9 Å². The summed E-state index contributed by atoms with van der Waals surface area (Å²) in [7, 11) is 0. The first-order valence-corrected chi connectivity index (χ1v) is 6.77. The van der Waals surface area contributed by atoms with Crippen LogP contribution in [0.2, 0.25) is 10.3 Å². The van der Waals surface area contributed by atoms with Gasteiger partial charge in [-0.05, 0) is 46.6 Å². The van der Waals surface area contributed by atoms with E-state index >= 15 is 0 Å². The lowest BCUT2D eigenvalue weighted by molar-refractivity contribution is 0.102. The Hall–Kier alpha value is -1.17. The molecule has 0 saturated carbocycles. The van der Waals surface area contributed by atoms with E-state index in [0.29, 0.717) is 11.4 Å². The molecule has 1 N–H and O–H groups in total. The Bertz CT molecular complexity index is 629. The van der Waals surface area contributed by atoms with Crippen LogP contribution in [0, 0.1) is 6.92 Å². The summed E-state index contributed by atoms with van der Waals surface area (Å²) >= 11 is 14.8. The van der Waals surface area contributed by atoms with Crippen molar-refractivity contribution in [3.05, 3.63) is 50.3 Å². The molecule has 0 aromatic carbocycles. The van der Waals surface area contributed by atoms with E-state index in [2.05, 4.69) is 31.2 Å². The maximum absolute atomic E-state index is 12.0. The predicted molar refractivity (Wildman–Crippen MR) is 78.9 cm³/mol. The predicted octanol–water partition coefficient (Wildman–Crippen LogP) is 4.11. The molecule has 2 rings (SSSR count). The first kappa shape index (κ1) is 14.2. The quantitative estimate of drug-likeness (QED) is 0.820. The Morgan fingerprint density at radius 2 is 1.89 bits per heavy atom. The minimum atomic E-state index is -0.347. The van der Waals surface area contributed by atoms with Crippen molar-refractivity contribution < 1.29 is 4.79 Å². The maximum Gasteiger partial charge on any atom is 0.257 e. The zero-order valence-electron chi connectivity index (χ0n) is 9.75. The van der Waals surface area contributed by atoms with E-state index in [1.54, 1.807) is 12.3 Å². The molecule has 7 heteroatoms. The van der Waals surface area contributed by atoms with Gasteiger partial charge in [0.05, 0.1) is 0 Å². The molecule has 98 valence electrons. The number of hydrogen-bond donors (Lipinski definition) is 1. The van der Waals surface area contributed by atoms with E-state index in [1.807, 2.05) is 6.92 Å². The third-order valence-corrected chi connectivity index (χ3v) is 3.53. The molecular formula is C12H8BrCl2N3O. The molecule has 1 amide bonds. The summed E-state index contributed by atoms with van der Waals surface area (Å²) in [5.74, 6) is 0.107. The van der Waals surface area contributed by atoms with Crippen LogP contribution in [0.4, 0.5) is 5.82 Å². The molecular weight excluding hydrogens is 353 g/mol. The molecule has 0 atom stereocenters. The first-order chi connectivity index (χ1) is 8.95. The molecule has 0 fully saturated rings. The van der Waals surface area contributed by atoms with Crippen LogP contribution in [0.15, 0.2) is 28.9 Å². The minimum absolute atomic E-state index is 0.164. The van der Waals surface area contributed by atoms with Gasteiger partial charge in [-0.15, -0.1) is 0 Å². The lowest BCUT2D eigenvalue weighted by Crippen LogP contribution is -2.13. The van der Waals surface area contributed by atoms with E-state index in [-0.39, 0.29) is 16.2 Å². The van der Waals surface area contributed by atoms with E-state index in [9.17, 15) is 4.79 Å². The normalized spacial score (nSPS) is 10.3. The molecule has 0 aliphatic rings. The van der Waals surface area contributed by atoms with Crippen LogP contribution in [0.5, 0.6) is 0 Å². The molecule has 0 aliphatic heterocycles. The van der Waals surface area contributed by atoms with Gasteiger partial charge in [0.25, 0.3) is 5.91 Å². The van der Waals surface area contributed by atoms with E-state index in [0.717, 1.165) is 10.0 Å². The Labute approximate surface area is 128 Å². The van der Waals surface area contributed by atoms with E-state index in [1.165, 1.54) is 12.1 Å². The van der Waals surface area contributed by atoms with Crippen molar-refractivity contribution in [2.75, 3.05) is 5.32 Å². The molecule has 0 unspecified atom stereocenters. The molecule has 0 bridgehead atoms. The molecule has 0 saturated heterocycles. The van der Waals surface area contributed by atoms with Crippen molar-refractivity contribution in [1.29, 1.82) is 0 Å². The lowest BCUT2D eigenvalue weighted by atomic mass is 10.2. The summed E-state index contributed by atoms with van der Waals surface area (Å²) < 4.78 is 0.875. The topological polar surface area (TPSA) is 54.9 Å². The monoisotopic (exact) mass is 359 g/mol. The van der Waals surface area contributed by atoms with Crippen LogP contribution >= 0.6 is 39.1 Å². The molecule has 2 heterocycles. The van der Waals surface area contributed by atoms with Crippen molar-refractivity contribution in [3.8, 4) is 0 Å². The molecule has 2 aromatic rings. The van der Waals surface area contributed by atoms with Crippen LogP contribution in [0.3, 0.4) is 0 Å². The second-order valence-corrected chi connectivity index (χ2v) is 5.40. The van der Waals surface area contributed by atoms with Gasteiger partial charge in [-0.1, -0.05) is 23.2 Å². The molecule has 0 spiro atoms. The summed E-state index contributed by atoms with van der Waals surface area (Å²) in [6.07, 6.45) is 1.62. The zero-order valence-corrected chi connectivity index (χ0v) is 12.8. The number of nitrogens with one attached hydrogen (secondary N) is 1. The van der Waals surface area contributed by atoms with Crippen LogP contribution < -0.4 is 5.32 Å². The Morgan fingerprint density at radius 1 is 1.26 bits per heavy atom. The van der Waals surface area contributed by atoms with Gasteiger partial charge in [0.15, 0.2) is 0 Å². The van der Waals surface area contributed by atoms with Gasteiger partial charge in [-0.25, -0.2) is 9.97 Å². The molecule has 0 radical (unpaired) electrons. The number of anilines is 1. The highest BCUT2D eigenvalue weighted by atomic mass is 79.9. The number of pyridine rings is 2. The largest absolute Gasteiger partial charge is 0.307 e. The summed E-state index contributed by atoms with van der Waals surface area (Å²) in [5, 5.41) is 2.99. The number of carbonyl (C=O) groups is 1. The third kappa shape index (κ3) is 3.65. The number of nitrogens with zero attached hydrogens (tertiary/aromatic N) is 2. The number of aryl methyl sites for hydroxylation is 1. The zero-order chi connectivity index (χ0) is 14.0. The van der Waals surface area contributed by atoms with Crippen LogP contribution in [-0.4, -0.2) is 15.9 Å². The highest BCUT2D eigenvalue weighted by molar-refractivity contribution is 9.10. The van der Waals surface area contributed by atoms with Crippen molar-refractivity contribution >= 4 is 50.9 Å². The van der Waals surface area contributed by atoms with E-state index in [4.69, 9.17) is 23.2 Å². The number of halogens is 3. The standard InChI is InChI=1S/C12H8BrCl2N3O/c1-6-2-11(16-5-8(6)13)18-12(19)7-3-9(14)17-10(15)4-7/h2-5H,1H3,(H,16,18,19). The van der Waals surface area contributed by atoms with E-state index < -0.39 is 0 Å². The fraction of sp³-hybridized carbons (Fsp3) is 0.0833. The SMILES string of the molecule is Cc1cc(NC(=O)c2cc(Cl)nc(Cl)c2)ncc1Br. The smallest absolute Gasteiger partial charge is 0.257 e. The van der Waals surface area contributed by atoms with Gasteiger partial charge in [0.1, 0.15) is 16.1 Å². The van der Waals surface area contributed by atoms with Crippen molar-refractivity contribution in [1.82, 2.24) is 9.97 Å². The molecule has 0 aliphatic carbocycles. The Morgan fingerprint density at radius 3 is 2.47 bits per heavy atom. The average molecular weight is 361 g/mol. The fourth-order valence-electron chi connectivity index (χ4n) is 1.39. The summed E-state index contributed by atoms with van der Waals surface area (Å²) in [6.45, 7) is 1.90. The number of hydrogen-bond acceptors (Lipinski definition) is 3. The molecule has 4 nitrogen and oxygen atoms in total. The maximum atomic E-state index is 12.0. The van der Waals surface area contributed by atoms with Gasteiger partial charge in [0.2, 0.25) is 0 Å². The summed E-state index contributed by atoms with van der Waals surface area (Å²) in [6, 6.07) is 4.63. The highest BCUT2D eigenvalue weighted by Gasteiger charge is 2.10. The van der Waals surface area contributed by atoms with Gasteiger partial charge in [0, 0.05) is 16.2 Å². The summed E-state index contributed by atoms with van der Waals surface area (Å²) in [5.41, 5.74) is 1.29. The lowest BCUT2D eigenvalue weighted by Gasteiger charge is -2.06. The Kier molecular flexibility index (Phi) is 4.39. The Balaban J connectivity index is 2.22. The van der Waals surface area contributed by atoms with Crippen molar-refractivity contribution in [2.24, 2.45) is 0 Å². The molecule has 19 heavy (non-hydrogen) atoms. The first-order valence-electron chi connectivity index (χ1n) is 5.22. The van der Waals surface area contributed by atoms with Crippen LogP contribution in [0.25, 0.3) is 0 Å². The van der Waals surface area contributed by atoms with Gasteiger partial charge in [-0.2, -0.15) is 0 Å². The number of carbonyl (C=O) groups excluding carboxylic acids is 1. The van der Waals surface area contributed by atoms with Gasteiger partial charge in [-0.3, -0.25) is 4.79 Å². The number of amides is 1.